The third kappa shape index (κ3) is 1.81. The van der Waals surface area contributed by atoms with E-state index in [1.165, 1.54) is 26.4 Å². The second kappa shape index (κ2) is 4.77. The number of ketones is 2. The van der Waals surface area contributed by atoms with Crippen LogP contribution in [0.5, 0.6) is 23.0 Å². The highest BCUT2D eigenvalue weighted by Gasteiger charge is 2.35. The van der Waals surface area contributed by atoms with Gasteiger partial charge in [0.05, 0.1) is 25.3 Å². The Balaban J connectivity index is 2.36. The molecule has 1 aliphatic rings. The summed E-state index contributed by atoms with van der Waals surface area (Å²) < 4.78 is 10.3. The van der Waals surface area contributed by atoms with Crippen LogP contribution in [0.3, 0.4) is 0 Å². The van der Waals surface area contributed by atoms with Gasteiger partial charge in [-0.1, -0.05) is 0 Å². The van der Waals surface area contributed by atoms with E-state index in [0.717, 1.165) is 12.1 Å². The summed E-state index contributed by atoms with van der Waals surface area (Å²) in [5.41, 5.74) is -0.00966. The molecule has 0 aromatic heterocycles. The first-order chi connectivity index (χ1) is 10.5. The van der Waals surface area contributed by atoms with Crippen LogP contribution in [0.1, 0.15) is 31.8 Å². The van der Waals surface area contributed by atoms with Gasteiger partial charge in [0, 0.05) is 23.3 Å². The van der Waals surface area contributed by atoms with E-state index >= 15 is 0 Å². The Kier molecular flexibility index (Phi) is 3.02. The van der Waals surface area contributed by atoms with E-state index in [1.54, 1.807) is 0 Å². The minimum Gasteiger partial charge on any atom is -0.508 e. The molecule has 3 rings (SSSR count). The van der Waals surface area contributed by atoms with E-state index in [2.05, 4.69) is 0 Å². The van der Waals surface area contributed by atoms with Crippen LogP contribution in [0.2, 0.25) is 0 Å². The number of hydrogen-bond donors (Lipinski definition) is 2. The maximum atomic E-state index is 12.7. The zero-order valence-corrected chi connectivity index (χ0v) is 11.8. The summed E-state index contributed by atoms with van der Waals surface area (Å²) in [5, 5.41) is 19.5. The minimum absolute atomic E-state index is 0.0506. The van der Waals surface area contributed by atoms with Gasteiger partial charge in [-0.2, -0.15) is 0 Å². The number of phenols is 2. The fraction of sp³-hybridized carbons (Fsp3) is 0.125. The van der Waals surface area contributed by atoms with Gasteiger partial charge in [0.1, 0.15) is 23.0 Å². The number of fused-ring (bicyclic) bond motifs is 2. The van der Waals surface area contributed by atoms with Crippen molar-refractivity contribution in [2.45, 2.75) is 0 Å². The van der Waals surface area contributed by atoms with E-state index in [4.69, 9.17) is 9.47 Å². The second-order valence-electron chi connectivity index (χ2n) is 4.80. The highest BCUT2D eigenvalue weighted by molar-refractivity contribution is 6.30. The lowest BCUT2D eigenvalue weighted by atomic mass is 9.82. The van der Waals surface area contributed by atoms with Gasteiger partial charge in [-0.25, -0.2) is 0 Å². The molecule has 0 bridgehead atoms. The molecule has 2 aromatic rings. The van der Waals surface area contributed by atoms with E-state index in [0.29, 0.717) is 5.75 Å². The van der Waals surface area contributed by atoms with Crippen molar-refractivity contribution in [3.8, 4) is 23.0 Å². The van der Waals surface area contributed by atoms with Gasteiger partial charge in [0.15, 0.2) is 5.78 Å². The van der Waals surface area contributed by atoms with Crippen LogP contribution in [0.4, 0.5) is 0 Å². The third-order valence-electron chi connectivity index (χ3n) is 3.58. The molecule has 1 aliphatic carbocycles. The SMILES string of the molecule is COc1cc(OC)c2c(c1)C(=O)c1cc(O)cc(O)c1C2=O. The van der Waals surface area contributed by atoms with Crippen LogP contribution in [0.15, 0.2) is 24.3 Å². The molecule has 0 heterocycles. The summed E-state index contributed by atoms with van der Waals surface area (Å²) in [4.78, 5) is 25.3. The molecule has 0 radical (unpaired) electrons. The molecule has 0 atom stereocenters. The predicted molar refractivity (Wildman–Crippen MR) is 76.2 cm³/mol. The van der Waals surface area contributed by atoms with Crippen molar-refractivity contribution in [2.24, 2.45) is 0 Å². The monoisotopic (exact) mass is 300 g/mol. The highest BCUT2D eigenvalue weighted by Crippen LogP contribution is 2.40. The largest absolute Gasteiger partial charge is 0.508 e. The predicted octanol–water partition coefficient (Wildman–Crippen LogP) is 1.89. The zero-order valence-electron chi connectivity index (χ0n) is 11.8. The average Bonchev–Trinajstić information content (AvgIpc) is 2.50. The van der Waals surface area contributed by atoms with Crippen molar-refractivity contribution in [1.82, 2.24) is 0 Å². The van der Waals surface area contributed by atoms with Gasteiger partial charge in [0.2, 0.25) is 5.78 Å². The Bertz CT molecular complexity index is 822. The fourth-order valence-corrected chi connectivity index (χ4v) is 2.58. The molecule has 2 N–H and O–H groups in total. The molecule has 6 heteroatoms. The van der Waals surface area contributed by atoms with Crippen molar-refractivity contribution < 1.29 is 29.3 Å². The first-order valence-corrected chi connectivity index (χ1v) is 6.39. The minimum atomic E-state index is -0.540. The molecule has 0 amide bonds. The van der Waals surface area contributed by atoms with Crippen LogP contribution in [0.25, 0.3) is 0 Å². The second-order valence-corrected chi connectivity index (χ2v) is 4.80. The first kappa shape index (κ1) is 13.9. The number of hydrogen-bond acceptors (Lipinski definition) is 6. The molecule has 0 fully saturated rings. The quantitative estimate of drug-likeness (QED) is 0.750. The molecule has 0 spiro atoms. The Labute approximate surface area is 125 Å². The average molecular weight is 300 g/mol. The van der Waals surface area contributed by atoms with Crippen molar-refractivity contribution in [1.29, 1.82) is 0 Å². The number of carbonyl (C=O) groups excluding carboxylic acids is 2. The normalized spacial score (nSPS) is 12.6. The summed E-state index contributed by atoms with van der Waals surface area (Å²) >= 11 is 0. The Morgan fingerprint density at radius 3 is 2.14 bits per heavy atom. The number of phenolic OH excluding ortho intramolecular Hbond substituents is 2. The summed E-state index contributed by atoms with van der Waals surface area (Å²) in [5.74, 6) is -1.22. The number of carbonyl (C=O) groups is 2. The number of benzene rings is 2. The molecule has 0 aliphatic heterocycles. The molecule has 6 nitrogen and oxygen atoms in total. The van der Waals surface area contributed by atoms with Crippen LogP contribution < -0.4 is 9.47 Å². The Morgan fingerprint density at radius 2 is 1.50 bits per heavy atom. The molecule has 112 valence electrons. The van der Waals surface area contributed by atoms with Gasteiger partial charge in [0.25, 0.3) is 0 Å². The van der Waals surface area contributed by atoms with Gasteiger partial charge >= 0.3 is 0 Å². The Hall–Kier alpha value is -3.02. The van der Waals surface area contributed by atoms with E-state index in [1.807, 2.05) is 0 Å². The summed E-state index contributed by atoms with van der Waals surface area (Å²) in [6.07, 6.45) is 0. The van der Waals surface area contributed by atoms with Crippen LogP contribution >= 0.6 is 0 Å². The van der Waals surface area contributed by atoms with Crippen LogP contribution in [0, 0.1) is 0 Å². The van der Waals surface area contributed by atoms with Crippen LogP contribution in [-0.4, -0.2) is 36.0 Å². The highest BCUT2D eigenvalue weighted by atomic mass is 16.5. The summed E-state index contributed by atoms with van der Waals surface area (Å²) in [7, 11) is 2.81. The molecule has 0 saturated carbocycles. The van der Waals surface area contributed by atoms with E-state index < -0.39 is 17.3 Å². The van der Waals surface area contributed by atoms with Gasteiger partial charge in [-0.15, -0.1) is 0 Å². The lowest BCUT2D eigenvalue weighted by Gasteiger charge is -2.21. The number of rotatable bonds is 2. The molecule has 22 heavy (non-hydrogen) atoms. The van der Waals surface area contributed by atoms with E-state index in [-0.39, 0.29) is 33.8 Å². The molecular weight excluding hydrogens is 288 g/mol. The van der Waals surface area contributed by atoms with Crippen molar-refractivity contribution >= 4 is 11.6 Å². The summed E-state index contributed by atoms with van der Waals surface area (Å²) in [6, 6.07) is 5.10. The Morgan fingerprint density at radius 1 is 0.818 bits per heavy atom. The van der Waals surface area contributed by atoms with Crippen molar-refractivity contribution in [2.75, 3.05) is 14.2 Å². The molecular formula is C16H12O6. The third-order valence-corrected chi connectivity index (χ3v) is 3.58. The van der Waals surface area contributed by atoms with Crippen molar-refractivity contribution in [3.05, 3.63) is 46.5 Å². The lowest BCUT2D eigenvalue weighted by Crippen LogP contribution is -2.22. The molecule has 2 aromatic carbocycles. The van der Waals surface area contributed by atoms with Crippen LogP contribution in [-0.2, 0) is 0 Å². The maximum Gasteiger partial charge on any atom is 0.201 e. The van der Waals surface area contributed by atoms with E-state index in [9.17, 15) is 19.8 Å². The lowest BCUT2D eigenvalue weighted by molar-refractivity contribution is 0.0973. The molecule has 0 unspecified atom stereocenters. The number of ether oxygens (including phenoxy) is 2. The molecule has 0 saturated heterocycles. The number of aromatic hydroxyl groups is 2. The topological polar surface area (TPSA) is 93.1 Å². The van der Waals surface area contributed by atoms with Gasteiger partial charge < -0.3 is 19.7 Å². The van der Waals surface area contributed by atoms with Crippen molar-refractivity contribution in [3.63, 3.8) is 0 Å². The zero-order chi connectivity index (χ0) is 16.0. The summed E-state index contributed by atoms with van der Waals surface area (Å²) in [6.45, 7) is 0. The maximum absolute atomic E-state index is 12.7. The standard InChI is InChI=1S/C16H12O6/c1-21-8-5-10-14(12(6-8)22-2)16(20)13-9(15(10)19)3-7(17)4-11(13)18/h3-6,17-18H,1-2H3. The van der Waals surface area contributed by atoms with Gasteiger partial charge in [-0.3, -0.25) is 9.59 Å². The first-order valence-electron chi connectivity index (χ1n) is 6.39. The number of methoxy groups -OCH3 is 2. The fourth-order valence-electron chi connectivity index (χ4n) is 2.58. The van der Waals surface area contributed by atoms with Gasteiger partial charge in [-0.05, 0) is 12.1 Å². The smallest absolute Gasteiger partial charge is 0.201 e.